The Hall–Kier alpha value is -1.37. The molecule has 0 fully saturated rings. The van der Waals surface area contributed by atoms with Crippen molar-refractivity contribution in [3.8, 4) is 5.75 Å². The van der Waals surface area contributed by atoms with Crippen LogP contribution in [0.1, 0.15) is 13.8 Å². The Labute approximate surface area is 125 Å². The van der Waals surface area contributed by atoms with Crippen molar-refractivity contribution in [2.24, 2.45) is 0 Å². The van der Waals surface area contributed by atoms with Crippen LogP contribution in [0, 0.1) is 5.82 Å². The number of nitrogens with one attached hydrogen (secondary N) is 1. The molecule has 6 heteroatoms. The molecule has 0 radical (unpaired) electrons. The second kappa shape index (κ2) is 9.55. The zero-order valence-electron chi connectivity index (χ0n) is 12.8. The van der Waals surface area contributed by atoms with Crippen molar-refractivity contribution in [2.75, 3.05) is 38.8 Å². The average molecular weight is 301 g/mol. The van der Waals surface area contributed by atoms with Gasteiger partial charge in [0.25, 0.3) is 0 Å². The van der Waals surface area contributed by atoms with Gasteiger partial charge in [0.2, 0.25) is 0 Å². The summed E-state index contributed by atoms with van der Waals surface area (Å²) in [5.74, 6) is -0.256. The largest absolute Gasteiger partial charge is 0.494 e. The standard InChI is InChI=1S/C15H24FNO4/c1-11(2)21-7-6-20-10-13(18)9-17-12-4-5-14(16)15(8-12)19-3/h4-5,8,11,13,17-18H,6-7,9-10H2,1-3H3. The molecule has 0 heterocycles. The van der Waals surface area contributed by atoms with Crippen molar-refractivity contribution in [1.29, 1.82) is 0 Å². The van der Waals surface area contributed by atoms with Crippen LogP contribution in [0.25, 0.3) is 0 Å². The number of benzene rings is 1. The molecule has 0 spiro atoms. The summed E-state index contributed by atoms with van der Waals surface area (Å²) in [4.78, 5) is 0. The van der Waals surface area contributed by atoms with E-state index >= 15 is 0 Å². The predicted octanol–water partition coefficient (Wildman–Crippen LogP) is 2.05. The first-order valence-electron chi connectivity index (χ1n) is 6.97. The van der Waals surface area contributed by atoms with E-state index < -0.39 is 11.9 Å². The van der Waals surface area contributed by atoms with Gasteiger partial charge in [0.15, 0.2) is 11.6 Å². The number of rotatable bonds is 10. The van der Waals surface area contributed by atoms with Gasteiger partial charge in [-0.25, -0.2) is 4.39 Å². The minimum Gasteiger partial charge on any atom is -0.494 e. The number of hydrogen-bond acceptors (Lipinski definition) is 5. The Balaban J connectivity index is 2.22. The maximum atomic E-state index is 13.2. The van der Waals surface area contributed by atoms with E-state index in [-0.39, 0.29) is 18.5 Å². The fourth-order valence-electron chi connectivity index (χ4n) is 1.63. The molecule has 0 aliphatic carbocycles. The molecule has 1 rings (SSSR count). The van der Waals surface area contributed by atoms with Crippen LogP contribution in [0.3, 0.4) is 0 Å². The summed E-state index contributed by atoms with van der Waals surface area (Å²) in [5.41, 5.74) is 0.676. The smallest absolute Gasteiger partial charge is 0.165 e. The van der Waals surface area contributed by atoms with E-state index in [1.807, 2.05) is 13.8 Å². The number of aliphatic hydroxyl groups is 1. The maximum Gasteiger partial charge on any atom is 0.165 e. The molecule has 2 N–H and O–H groups in total. The van der Waals surface area contributed by atoms with Gasteiger partial charge in [0, 0.05) is 18.3 Å². The van der Waals surface area contributed by atoms with Gasteiger partial charge in [-0.05, 0) is 26.0 Å². The number of hydrogen-bond donors (Lipinski definition) is 2. The summed E-state index contributed by atoms with van der Waals surface area (Å²) in [6.45, 7) is 5.38. The third-order valence-corrected chi connectivity index (χ3v) is 2.68. The first kappa shape index (κ1) is 17.7. The minimum absolute atomic E-state index is 0.163. The Morgan fingerprint density at radius 3 is 2.71 bits per heavy atom. The van der Waals surface area contributed by atoms with Crippen LogP contribution < -0.4 is 10.1 Å². The van der Waals surface area contributed by atoms with Crippen LogP contribution in [-0.4, -0.2) is 50.8 Å². The Kier molecular flexibility index (Phi) is 8.04. The lowest BCUT2D eigenvalue weighted by Crippen LogP contribution is -2.25. The van der Waals surface area contributed by atoms with Gasteiger partial charge in [-0.15, -0.1) is 0 Å². The second-order valence-corrected chi connectivity index (χ2v) is 4.88. The highest BCUT2D eigenvalue weighted by Gasteiger charge is 2.07. The molecule has 21 heavy (non-hydrogen) atoms. The zero-order valence-corrected chi connectivity index (χ0v) is 12.8. The Bertz CT molecular complexity index is 415. The lowest BCUT2D eigenvalue weighted by molar-refractivity contribution is -0.00734. The van der Waals surface area contributed by atoms with Crippen molar-refractivity contribution in [3.05, 3.63) is 24.0 Å². The van der Waals surface area contributed by atoms with Gasteiger partial charge in [-0.3, -0.25) is 0 Å². The summed E-state index contributed by atoms with van der Waals surface area (Å²) in [5, 5.41) is 12.8. The summed E-state index contributed by atoms with van der Waals surface area (Å²) in [7, 11) is 1.41. The lowest BCUT2D eigenvalue weighted by Gasteiger charge is -2.14. The normalized spacial score (nSPS) is 12.5. The van der Waals surface area contributed by atoms with Crippen LogP contribution in [0.15, 0.2) is 18.2 Å². The Morgan fingerprint density at radius 2 is 2.05 bits per heavy atom. The highest BCUT2D eigenvalue weighted by Crippen LogP contribution is 2.21. The molecule has 0 aliphatic rings. The third-order valence-electron chi connectivity index (χ3n) is 2.68. The molecule has 0 amide bonds. The molecule has 1 unspecified atom stereocenters. The topological polar surface area (TPSA) is 60.0 Å². The molecule has 0 saturated heterocycles. The number of halogens is 1. The lowest BCUT2D eigenvalue weighted by atomic mass is 10.2. The second-order valence-electron chi connectivity index (χ2n) is 4.88. The fourth-order valence-corrected chi connectivity index (χ4v) is 1.63. The van der Waals surface area contributed by atoms with E-state index in [9.17, 15) is 9.50 Å². The molecule has 0 aliphatic heterocycles. The average Bonchev–Trinajstić information content (AvgIpc) is 2.45. The molecular weight excluding hydrogens is 277 g/mol. The predicted molar refractivity (Wildman–Crippen MR) is 79.4 cm³/mol. The third kappa shape index (κ3) is 7.27. The van der Waals surface area contributed by atoms with Crippen molar-refractivity contribution in [2.45, 2.75) is 26.1 Å². The van der Waals surface area contributed by atoms with E-state index in [0.717, 1.165) is 0 Å². The summed E-state index contributed by atoms with van der Waals surface area (Å²) in [6, 6.07) is 4.44. The highest BCUT2D eigenvalue weighted by atomic mass is 19.1. The molecular formula is C15H24FNO4. The number of aliphatic hydroxyl groups excluding tert-OH is 1. The van der Waals surface area contributed by atoms with Crippen molar-refractivity contribution in [1.82, 2.24) is 0 Å². The SMILES string of the molecule is COc1cc(NCC(O)COCCOC(C)C)ccc1F. The van der Waals surface area contributed by atoms with E-state index in [2.05, 4.69) is 5.32 Å². The first-order chi connectivity index (χ1) is 10.0. The quantitative estimate of drug-likeness (QED) is 0.648. The van der Waals surface area contributed by atoms with Gasteiger partial charge in [-0.2, -0.15) is 0 Å². The number of methoxy groups -OCH3 is 1. The number of ether oxygens (including phenoxy) is 3. The van der Waals surface area contributed by atoms with Gasteiger partial charge in [-0.1, -0.05) is 0 Å². The van der Waals surface area contributed by atoms with Crippen LogP contribution >= 0.6 is 0 Å². The molecule has 1 aromatic rings. The molecule has 0 bridgehead atoms. The van der Waals surface area contributed by atoms with Crippen LogP contribution in [0.4, 0.5) is 10.1 Å². The summed E-state index contributed by atoms with van der Waals surface area (Å²) in [6.07, 6.45) is -0.478. The van der Waals surface area contributed by atoms with Crippen LogP contribution in [-0.2, 0) is 9.47 Å². The monoisotopic (exact) mass is 301 g/mol. The number of anilines is 1. The van der Waals surface area contributed by atoms with Crippen LogP contribution in [0.2, 0.25) is 0 Å². The van der Waals surface area contributed by atoms with Crippen molar-refractivity contribution >= 4 is 5.69 Å². The highest BCUT2D eigenvalue weighted by molar-refractivity contribution is 5.48. The van der Waals surface area contributed by atoms with Crippen molar-refractivity contribution < 1.29 is 23.7 Å². The van der Waals surface area contributed by atoms with Crippen molar-refractivity contribution in [3.63, 3.8) is 0 Å². The fraction of sp³-hybridized carbons (Fsp3) is 0.600. The molecule has 0 saturated carbocycles. The molecule has 1 atom stereocenters. The van der Waals surface area contributed by atoms with Gasteiger partial charge < -0.3 is 24.6 Å². The summed E-state index contributed by atoms with van der Waals surface area (Å²) >= 11 is 0. The molecule has 1 aromatic carbocycles. The Morgan fingerprint density at radius 1 is 1.29 bits per heavy atom. The first-order valence-corrected chi connectivity index (χ1v) is 6.97. The molecule has 120 valence electrons. The minimum atomic E-state index is -0.653. The van der Waals surface area contributed by atoms with Gasteiger partial charge in [0.1, 0.15) is 0 Å². The van der Waals surface area contributed by atoms with Gasteiger partial charge >= 0.3 is 0 Å². The van der Waals surface area contributed by atoms with Gasteiger partial charge in [0.05, 0.1) is 39.1 Å². The maximum absolute atomic E-state index is 13.2. The van der Waals surface area contributed by atoms with E-state index in [1.54, 1.807) is 12.1 Å². The van der Waals surface area contributed by atoms with Crippen LogP contribution in [0.5, 0.6) is 5.75 Å². The van der Waals surface area contributed by atoms with E-state index in [4.69, 9.17) is 14.2 Å². The molecule has 0 aromatic heterocycles. The van der Waals surface area contributed by atoms with E-state index in [1.165, 1.54) is 13.2 Å². The molecule has 5 nitrogen and oxygen atoms in total. The van der Waals surface area contributed by atoms with E-state index in [0.29, 0.717) is 25.4 Å². The summed E-state index contributed by atoms with van der Waals surface area (Å²) < 4.78 is 28.7. The zero-order chi connectivity index (χ0) is 15.7.